The van der Waals surface area contributed by atoms with E-state index in [0.717, 1.165) is 25.7 Å². The molecule has 0 spiro atoms. The average molecular weight is 278 g/mol. The van der Waals surface area contributed by atoms with Crippen LogP contribution in [-0.2, 0) is 4.84 Å². The van der Waals surface area contributed by atoms with Crippen molar-refractivity contribution in [2.75, 3.05) is 0 Å². The zero-order chi connectivity index (χ0) is 13.3. The number of hydrogen-bond acceptors (Lipinski definition) is 5. The molecule has 2 aliphatic rings. The van der Waals surface area contributed by atoms with E-state index in [4.69, 9.17) is 22.3 Å². The number of quaternary nitrogens is 2. The van der Waals surface area contributed by atoms with Crippen LogP contribution in [0.25, 0.3) is 5.84 Å². The molecule has 2 saturated carbocycles. The summed E-state index contributed by atoms with van der Waals surface area (Å²) in [4.78, 5) is 5.23. The van der Waals surface area contributed by atoms with Gasteiger partial charge in [0.2, 0.25) is 0 Å². The van der Waals surface area contributed by atoms with E-state index in [9.17, 15) is 5.21 Å². The molecule has 0 heterocycles. The Balaban J connectivity index is 1.95. The molecule has 8 atom stereocenters. The minimum Gasteiger partial charge on any atom is -0.548 e. The maximum absolute atomic E-state index is 11.4. The summed E-state index contributed by atoms with van der Waals surface area (Å²) in [5.41, 5.74) is 6.17. The van der Waals surface area contributed by atoms with E-state index >= 15 is 0 Å². The van der Waals surface area contributed by atoms with Crippen LogP contribution in [-0.4, -0.2) is 18.2 Å². The maximum atomic E-state index is 11.4. The Labute approximate surface area is 109 Å². The van der Waals surface area contributed by atoms with Crippen LogP contribution in [0.5, 0.6) is 0 Å². The Kier molecular flexibility index (Phi) is 4.87. The number of hydrogen-bond donors (Lipinski definition) is 5. The number of nitrogens with two attached hydrogens (primary N) is 2. The number of nitrogens with one attached hydrogen (secondary N) is 4. The molecule has 0 aromatic carbocycles. The molecule has 0 aromatic heterocycles. The average Bonchev–Trinajstić information content (AvgIpc) is 2.35. The lowest BCUT2D eigenvalue weighted by molar-refractivity contribution is -1.55. The van der Waals surface area contributed by atoms with Crippen molar-refractivity contribution < 1.29 is 15.4 Å². The van der Waals surface area contributed by atoms with Crippen molar-refractivity contribution in [3.8, 4) is 0 Å². The smallest absolute Gasteiger partial charge is 0.139 e. The Morgan fingerprint density at radius 3 is 2.67 bits per heavy atom. The SMILES string of the molecule is [NH-][NH+](N)[NH+]([O-])OC1CC2CC(NP)CC(C2)C1N. The molecule has 2 fully saturated rings. The molecule has 0 amide bonds. The van der Waals surface area contributed by atoms with Crippen LogP contribution < -0.4 is 27.2 Å². The standard InChI is InChI=1S/C9H23N6O2P/c10-9-6-1-5(2-7(4-6)13-18)3-8(9)17-15(16)14(11)12/h5-9,11,13-15H,1-4,10,12,18H2. The second-order valence-corrected chi connectivity index (χ2v) is 5.70. The van der Waals surface area contributed by atoms with Crippen LogP contribution in [0, 0.1) is 17.0 Å². The summed E-state index contributed by atoms with van der Waals surface area (Å²) in [5.74, 6) is 13.1. The van der Waals surface area contributed by atoms with Crippen molar-refractivity contribution >= 4 is 9.39 Å². The third-order valence-corrected chi connectivity index (χ3v) is 4.57. The van der Waals surface area contributed by atoms with Gasteiger partial charge in [0.1, 0.15) is 6.10 Å². The lowest BCUT2D eigenvalue weighted by Gasteiger charge is -2.45. The topological polar surface area (TPSA) is 129 Å². The molecular formula is C9H23N6O2P. The summed E-state index contributed by atoms with van der Waals surface area (Å²) in [6.45, 7) is 0. The minimum absolute atomic E-state index is 0.148. The van der Waals surface area contributed by atoms with Gasteiger partial charge < -0.3 is 16.8 Å². The predicted molar refractivity (Wildman–Crippen MR) is 68.7 cm³/mol. The highest BCUT2D eigenvalue weighted by Gasteiger charge is 2.43. The quantitative estimate of drug-likeness (QED) is 0.216. The van der Waals surface area contributed by atoms with Gasteiger partial charge in [0, 0.05) is 12.1 Å². The van der Waals surface area contributed by atoms with E-state index < -0.39 is 10.6 Å². The van der Waals surface area contributed by atoms with E-state index in [2.05, 4.69) is 14.5 Å². The van der Waals surface area contributed by atoms with Crippen molar-refractivity contribution in [3.05, 3.63) is 11.0 Å². The van der Waals surface area contributed by atoms with Gasteiger partial charge in [-0.05, 0) is 37.5 Å². The summed E-state index contributed by atoms with van der Waals surface area (Å²) in [5, 5.41) is 13.3. The molecule has 2 rings (SSSR count). The minimum atomic E-state index is -0.754. The molecule has 106 valence electrons. The molecule has 8 N–H and O–H groups in total. The number of fused-ring (bicyclic) bond motifs is 2. The molecular weight excluding hydrogens is 255 g/mol. The van der Waals surface area contributed by atoms with Crippen molar-refractivity contribution in [2.24, 2.45) is 23.4 Å². The van der Waals surface area contributed by atoms with Gasteiger partial charge in [-0.15, -0.1) is 15.9 Å². The first-order chi connectivity index (χ1) is 8.51. The fourth-order valence-corrected chi connectivity index (χ4v) is 3.52. The molecule has 0 radical (unpaired) electrons. The van der Waals surface area contributed by atoms with E-state index in [1.165, 1.54) is 0 Å². The normalized spacial score (nSPS) is 43.5. The second kappa shape index (κ2) is 6.04. The van der Waals surface area contributed by atoms with Gasteiger partial charge in [0.05, 0.1) is 0 Å². The van der Waals surface area contributed by atoms with Crippen molar-refractivity contribution in [1.82, 2.24) is 5.09 Å². The van der Waals surface area contributed by atoms with Crippen LogP contribution in [0.4, 0.5) is 0 Å². The van der Waals surface area contributed by atoms with Crippen LogP contribution >= 0.6 is 9.39 Å². The van der Waals surface area contributed by atoms with Gasteiger partial charge in [-0.3, -0.25) is 5.09 Å². The van der Waals surface area contributed by atoms with Gasteiger partial charge in [-0.2, -0.15) is 0 Å². The number of rotatable bonds is 4. The first-order valence-electron chi connectivity index (χ1n) is 6.28. The molecule has 0 aromatic rings. The van der Waals surface area contributed by atoms with E-state index in [0.29, 0.717) is 17.9 Å². The highest BCUT2D eigenvalue weighted by atomic mass is 31.0. The molecule has 8 unspecified atom stereocenters. The molecule has 2 bridgehead atoms. The van der Waals surface area contributed by atoms with Crippen molar-refractivity contribution in [3.63, 3.8) is 0 Å². The van der Waals surface area contributed by atoms with E-state index in [1.807, 2.05) is 0 Å². The van der Waals surface area contributed by atoms with Crippen LogP contribution in [0.2, 0.25) is 0 Å². The lowest BCUT2D eigenvalue weighted by Crippen LogP contribution is -3.57. The highest BCUT2D eigenvalue weighted by molar-refractivity contribution is 7.13. The molecule has 0 saturated heterocycles. The zero-order valence-corrected chi connectivity index (χ0v) is 11.4. The Bertz CT molecular complexity index is 282. The van der Waals surface area contributed by atoms with E-state index in [-0.39, 0.29) is 12.1 Å². The van der Waals surface area contributed by atoms with E-state index in [1.54, 1.807) is 0 Å². The highest BCUT2D eigenvalue weighted by Crippen LogP contribution is 2.40. The van der Waals surface area contributed by atoms with Gasteiger partial charge >= 0.3 is 0 Å². The van der Waals surface area contributed by atoms with Crippen LogP contribution in [0.15, 0.2) is 0 Å². The molecule has 2 aliphatic carbocycles. The summed E-state index contributed by atoms with van der Waals surface area (Å²) in [7, 11) is 2.56. The second-order valence-electron chi connectivity index (χ2n) is 5.37. The summed E-state index contributed by atoms with van der Waals surface area (Å²) >= 11 is 0. The Hall–Kier alpha value is 0.110. The van der Waals surface area contributed by atoms with Gasteiger partial charge in [0.15, 0.2) is 0 Å². The van der Waals surface area contributed by atoms with Gasteiger partial charge in [-0.25, -0.2) is 0 Å². The summed E-state index contributed by atoms with van der Waals surface area (Å²) in [6.07, 6.45) is 3.68. The van der Waals surface area contributed by atoms with Gasteiger partial charge in [-0.1, -0.05) is 14.7 Å². The fraction of sp³-hybridized carbons (Fsp3) is 1.00. The van der Waals surface area contributed by atoms with Gasteiger partial charge in [0.25, 0.3) is 0 Å². The molecule has 18 heavy (non-hydrogen) atoms. The third kappa shape index (κ3) is 3.16. The molecule has 8 nitrogen and oxygen atoms in total. The lowest BCUT2D eigenvalue weighted by atomic mass is 9.67. The molecule has 9 heteroatoms. The maximum Gasteiger partial charge on any atom is 0.139 e. The Morgan fingerprint density at radius 1 is 1.33 bits per heavy atom. The van der Waals surface area contributed by atoms with Crippen molar-refractivity contribution in [2.45, 2.75) is 43.9 Å². The van der Waals surface area contributed by atoms with Crippen LogP contribution in [0.1, 0.15) is 25.7 Å². The first kappa shape index (κ1) is 14.5. The Morgan fingerprint density at radius 2 is 2.06 bits per heavy atom. The molecule has 0 aliphatic heterocycles. The largest absolute Gasteiger partial charge is 0.548 e. The fourth-order valence-electron chi connectivity index (χ4n) is 3.24. The predicted octanol–water partition coefficient (Wildman–Crippen LogP) is -2.79. The van der Waals surface area contributed by atoms with Crippen LogP contribution in [0.3, 0.4) is 0 Å². The first-order valence-corrected chi connectivity index (χ1v) is 6.85. The summed E-state index contributed by atoms with van der Waals surface area (Å²) < 4.78 is 0. The zero-order valence-electron chi connectivity index (χ0n) is 10.3. The monoisotopic (exact) mass is 278 g/mol. The third-order valence-electron chi connectivity index (χ3n) is 4.09. The summed E-state index contributed by atoms with van der Waals surface area (Å²) in [6, 6.07) is 0.333. The van der Waals surface area contributed by atoms with Crippen molar-refractivity contribution in [1.29, 1.82) is 0 Å².